The fourth-order valence-electron chi connectivity index (χ4n) is 3.37. The number of amides is 1. The first-order valence-electron chi connectivity index (χ1n) is 9.17. The number of oxime groups is 1. The van der Waals surface area contributed by atoms with E-state index in [0.717, 1.165) is 12.0 Å². The third-order valence-electron chi connectivity index (χ3n) is 4.93. The lowest BCUT2D eigenvalue weighted by Crippen LogP contribution is -2.52. The second-order valence-corrected chi connectivity index (χ2v) is 7.08. The molecule has 1 aromatic heterocycles. The molecular formula is C20H24N4O3S. The van der Waals surface area contributed by atoms with Crippen molar-refractivity contribution in [3.63, 3.8) is 0 Å². The summed E-state index contributed by atoms with van der Waals surface area (Å²) >= 11 is 5.36. The average Bonchev–Trinajstić information content (AvgIpc) is 3.41. The Morgan fingerprint density at radius 3 is 2.79 bits per heavy atom. The molecule has 0 saturated heterocycles. The van der Waals surface area contributed by atoms with Gasteiger partial charge in [-0.2, -0.15) is 0 Å². The van der Waals surface area contributed by atoms with Crippen molar-refractivity contribution < 1.29 is 14.4 Å². The number of hydrogen-bond acceptors (Lipinski definition) is 6. The number of nitrogens with zero attached hydrogens (tertiary/aromatic N) is 4. The van der Waals surface area contributed by atoms with Crippen molar-refractivity contribution in [3.05, 3.63) is 54.6 Å². The fourth-order valence-corrected chi connectivity index (χ4v) is 3.65. The Hall–Kier alpha value is -2.74. The van der Waals surface area contributed by atoms with E-state index in [1.165, 1.54) is 7.11 Å². The number of likely N-dealkylation sites (N-methyl/N-ethyl adjacent to an activating group) is 1. The number of ether oxygens (including phenoxy) is 1. The number of carbonyl (C=O) groups excluding carboxylic acids is 1. The van der Waals surface area contributed by atoms with Crippen LogP contribution in [-0.4, -0.2) is 51.4 Å². The summed E-state index contributed by atoms with van der Waals surface area (Å²) in [6.45, 7) is 2.04. The van der Waals surface area contributed by atoms with Crippen LogP contribution in [0.25, 0.3) is 0 Å². The summed E-state index contributed by atoms with van der Waals surface area (Å²) in [7, 11) is 3.26. The minimum Gasteiger partial charge on any atom is -0.488 e. The second-order valence-electron chi connectivity index (χ2n) is 6.68. The summed E-state index contributed by atoms with van der Waals surface area (Å²) < 4.78 is 7.02. The quantitative estimate of drug-likeness (QED) is 0.698. The van der Waals surface area contributed by atoms with Gasteiger partial charge in [-0.3, -0.25) is 9.36 Å². The number of hydrogen-bond donors (Lipinski definition) is 0. The first-order chi connectivity index (χ1) is 13.5. The van der Waals surface area contributed by atoms with E-state index < -0.39 is 5.60 Å². The summed E-state index contributed by atoms with van der Waals surface area (Å²) in [6, 6.07) is 9.10. The highest BCUT2D eigenvalue weighted by atomic mass is 32.1. The number of benzene rings is 1. The molecule has 7 nitrogen and oxygen atoms in total. The lowest BCUT2D eigenvalue weighted by molar-refractivity contribution is -0.156. The molecule has 0 saturated carbocycles. The van der Waals surface area contributed by atoms with Crippen molar-refractivity contribution >= 4 is 29.0 Å². The van der Waals surface area contributed by atoms with Gasteiger partial charge in [0.2, 0.25) is 5.60 Å². The fraction of sp³-hybridized carbons (Fsp3) is 0.400. The van der Waals surface area contributed by atoms with Crippen LogP contribution >= 0.6 is 12.2 Å². The molecule has 0 fully saturated rings. The van der Waals surface area contributed by atoms with Crippen LogP contribution in [0.5, 0.6) is 0 Å². The first-order valence-corrected chi connectivity index (χ1v) is 9.58. The van der Waals surface area contributed by atoms with E-state index >= 15 is 0 Å². The zero-order valence-electron chi connectivity index (χ0n) is 16.2. The zero-order chi connectivity index (χ0) is 20.1. The maximum Gasteiger partial charge on any atom is 0.275 e. The van der Waals surface area contributed by atoms with Gasteiger partial charge in [0, 0.05) is 25.0 Å². The van der Waals surface area contributed by atoms with Crippen LogP contribution in [0.3, 0.4) is 0 Å². The van der Waals surface area contributed by atoms with E-state index in [1.807, 2.05) is 37.3 Å². The SMILES string of the molecule is CCC[C@@H](C(=S)OC)N(C)C(=O)C1(c2ccccc2)CC(n2ccnc2)=NO1. The Morgan fingerprint density at radius 1 is 1.43 bits per heavy atom. The van der Waals surface area contributed by atoms with E-state index in [9.17, 15) is 4.79 Å². The predicted molar refractivity (Wildman–Crippen MR) is 110 cm³/mol. The number of thiocarbonyl (C=S) groups is 1. The van der Waals surface area contributed by atoms with E-state index in [2.05, 4.69) is 10.1 Å². The highest BCUT2D eigenvalue weighted by Crippen LogP contribution is 2.37. The van der Waals surface area contributed by atoms with E-state index in [-0.39, 0.29) is 18.4 Å². The molecule has 2 atom stereocenters. The summed E-state index contributed by atoms with van der Waals surface area (Å²) in [6.07, 6.45) is 6.92. The minimum absolute atomic E-state index is 0.213. The molecule has 0 bridgehead atoms. The number of rotatable bonds is 6. The highest BCUT2D eigenvalue weighted by molar-refractivity contribution is 7.80. The van der Waals surface area contributed by atoms with Crippen molar-refractivity contribution in [2.75, 3.05) is 14.2 Å². The van der Waals surface area contributed by atoms with Crippen molar-refractivity contribution in [2.24, 2.45) is 5.16 Å². The maximum absolute atomic E-state index is 13.7. The van der Waals surface area contributed by atoms with E-state index in [4.69, 9.17) is 21.8 Å². The highest BCUT2D eigenvalue weighted by Gasteiger charge is 2.51. The smallest absolute Gasteiger partial charge is 0.275 e. The van der Waals surface area contributed by atoms with Crippen LogP contribution in [0.2, 0.25) is 0 Å². The van der Waals surface area contributed by atoms with Gasteiger partial charge < -0.3 is 14.5 Å². The van der Waals surface area contributed by atoms with Crippen LogP contribution in [-0.2, 0) is 20.0 Å². The number of imidazole rings is 1. The molecule has 2 heterocycles. The third-order valence-corrected chi connectivity index (χ3v) is 5.36. The number of methoxy groups -OCH3 is 1. The third kappa shape index (κ3) is 3.64. The van der Waals surface area contributed by atoms with Crippen LogP contribution in [0.1, 0.15) is 31.7 Å². The first kappa shape index (κ1) is 20.0. The molecule has 148 valence electrons. The Bertz CT molecular complexity index is 854. The van der Waals surface area contributed by atoms with Crippen LogP contribution < -0.4 is 0 Å². The van der Waals surface area contributed by atoms with Gasteiger partial charge in [0.15, 0.2) is 10.9 Å². The molecule has 1 unspecified atom stereocenters. The largest absolute Gasteiger partial charge is 0.488 e. The summed E-state index contributed by atoms with van der Waals surface area (Å²) in [5.74, 6) is 0.403. The second kappa shape index (κ2) is 8.52. The predicted octanol–water partition coefficient (Wildman–Crippen LogP) is 2.96. The van der Waals surface area contributed by atoms with Gasteiger partial charge in [0.25, 0.3) is 5.91 Å². The molecular weight excluding hydrogens is 376 g/mol. The zero-order valence-corrected chi connectivity index (χ0v) is 17.1. The van der Waals surface area contributed by atoms with Gasteiger partial charge in [0.05, 0.1) is 19.6 Å². The lowest BCUT2D eigenvalue weighted by Gasteiger charge is -2.34. The number of carbonyl (C=O) groups is 1. The molecule has 0 aliphatic carbocycles. The topological polar surface area (TPSA) is 69.0 Å². The maximum atomic E-state index is 13.7. The standard InChI is InChI=1S/C20H24N4O3S/c1-4-8-16(18(28)26-3)23(2)19(25)20(15-9-6-5-7-10-15)13-17(22-27-20)24-12-11-21-14-24/h5-7,9-12,14,16H,4,8,13H2,1-3H3/t16-,20?/m0/s1. The lowest BCUT2D eigenvalue weighted by atomic mass is 9.88. The van der Waals surface area contributed by atoms with Crippen LogP contribution in [0.4, 0.5) is 0 Å². The molecule has 1 aliphatic heterocycles. The molecule has 0 radical (unpaired) electrons. The molecule has 0 spiro atoms. The van der Waals surface area contributed by atoms with Crippen LogP contribution in [0.15, 0.2) is 54.2 Å². The van der Waals surface area contributed by atoms with Gasteiger partial charge in [-0.25, -0.2) is 4.98 Å². The average molecular weight is 401 g/mol. The van der Waals surface area contributed by atoms with E-state index in [0.29, 0.717) is 17.3 Å². The molecule has 1 amide bonds. The van der Waals surface area contributed by atoms with Gasteiger partial charge in [0.1, 0.15) is 6.33 Å². The molecule has 0 N–H and O–H groups in total. The molecule has 28 heavy (non-hydrogen) atoms. The van der Waals surface area contributed by atoms with Gasteiger partial charge in [-0.05, 0) is 18.6 Å². The molecule has 3 rings (SSSR count). The van der Waals surface area contributed by atoms with Crippen molar-refractivity contribution in [2.45, 2.75) is 37.8 Å². The molecule has 1 aromatic carbocycles. The Morgan fingerprint density at radius 2 is 2.18 bits per heavy atom. The molecule has 1 aliphatic rings. The number of aromatic nitrogens is 2. The summed E-state index contributed by atoms with van der Waals surface area (Å²) in [5.41, 5.74) is -0.519. The Balaban J connectivity index is 1.96. The normalized spacial score (nSPS) is 19.5. The summed E-state index contributed by atoms with van der Waals surface area (Å²) in [4.78, 5) is 25.2. The molecule has 8 heteroatoms. The van der Waals surface area contributed by atoms with Gasteiger partial charge in [-0.1, -0.05) is 48.8 Å². The van der Waals surface area contributed by atoms with Gasteiger partial charge in [-0.15, -0.1) is 0 Å². The molecule has 2 aromatic rings. The van der Waals surface area contributed by atoms with Crippen molar-refractivity contribution in [3.8, 4) is 0 Å². The monoisotopic (exact) mass is 400 g/mol. The summed E-state index contributed by atoms with van der Waals surface area (Å²) in [5, 5.41) is 4.59. The minimum atomic E-state index is -1.26. The Labute approximate surface area is 169 Å². The van der Waals surface area contributed by atoms with Crippen molar-refractivity contribution in [1.29, 1.82) is 0 Å². The van der Waals surface area contributed by atoms with Gasteiger partial charge >= 0.3 is 0 Å². The van der Waals surface area contributed by atoms with Crippen molar-refractivity contribution in [1.82, 2.24) is 14.5 Å². The van der Waals surface area contributed by atoms with E-state index in [1.54, 1.807) is 35.2 Å². The van der Waals surface area contributed by atoms with Crippen LogP contribution in [0, 0.1) is 0 Å². The Kier molecular flexibility index (Phi) is 6.08.